The number of fused-ring (bicyclic) bond motifs is 1. The molecule has 1 saturated heterocycles. The van der Waals surface area contributed by atoms with Crippen LogP contribution in [0, 0.1) is 0 Å². The molecule has 0 bridgehead atoms. The number of hydrogen-bond acceptors (Lipinski definition) is 6. The van der Waals surface area contributed by atoms with Crippen LogP contribution in [0.15, 0.2) is 27.3 Å². The molecule has 0 aliphatic carbocycles. The molecule has 0 radical (unpaired) electrons. The molecule has 3 aromatic rings. The van der Waals surface area contributed by atoms with Gasteiger partial charge in [0.25, 0.3) is 0 Å². The van der Waals surface area contributed by atoms with Crippen molar-refractivity contribution in [2.45, 2.75) is 31.9 Å². The Morgan fingerprint density at radius 1 is 1.38 bits per heavy atom. The summed E-state index contributed by atoms with van der Waals surface area (Å²) in [6.45, 7) is 1.35. The Morgan fingerprint density at radius 3 is 3.04 bits per heavy atom. The molecular formula is C16H15BrClN3O2S. The molecule has 8 heteroatoms. The molecule has 4 heterocycles. The number of aromatic nitrogens is 2. The summed E-state index contributed by atoms with van der Waals surface area (Å²) in [5, 5.41) is 3.52. The van der Waals surface area contributed by atoms with Gasteiger partial charge in [-0.15, -0.1) is 11.3 Å². The Balaban J connectivity index is 1.70. The molecule has 4 rings (SSSR count). The van der Waals surface area contributed by atoms with Crippen molar-refractivity contribution in [3.8, 4) is 0 Å². The topological polar surface area (TPSA) is 60.2 Å². The standard InChI is InChI=1S/C16H15BrClN3O2S/c17-11-12-14(24-13(11)10-5-1-2-6-23-10)15(21-16(18)20-12)19-8-9-4-3-7-22-9/h3-4,7,10H,1-2,5-6,8H2,(H,19,20,21). The molecule has 5 nitrogen and oxygen atoms in total. The van der Waals surface area contributed by atoms with Gasteiger partial charge in [-0.2, -0.15) is 4.98 Å². The van der Waals surface area contributed by atoms with Gasteiger partial charge in [-0.1, -0.05) is 0 Å². The van der Waals surface area contributed by atoms with Gasteiger partial charge in [0.1, 0.15) is 17.1 Å². The molecule has 3 aromatic heterocycles. The third-order valence-corrected chi connectivity index (χ3v) is 6.47. The van der Waals surface area contributed by atoms with Gasteiger partial charge in [-0.25, -0.2) is 4.98 Å². The third kappa shape index (κ3) is 3.18. The lowest BCUT2D eigenvalue weighted by atomic mass is 10.1. The summed E-state index contributed by atoms with van der Waals surface area (Å²) < 4.78 is 13.2. The summed E-state index contributed by atoms with van der Waals surface area (Å²) in [6, 6.07) is 3.78. The highest BCUT2D eigenvalue weighted by atomic mass is 79.9. The summed E-state index contributed by atoms with van der Waals surface area (Å²) in [5.74, 6) is 1.55. The first-order valence-corrected chi connectivity index (χ1v) is 9.74. The van der Waals surface area contributed by atoms with E-state index in [9.17, 15) is 0 Å². The van der Waals surface area contributed by atoms with Gasteiger partial charge in [0.05, 0.1) is 33.0 Å². The molecule has 126 valence electrons. The zero-order valence-electron chi connectivity index (χ0n) is 12.7. The predicted molar refractivity (Wildman–Crippen MR) is 98.7 cm³/mol. The van der Waals surface area contributed by atoms with Crippen LogP contribution in [0.25, 0.3) is 10.2 Å². The molecule has 1 aliphatic rings. The first-order valence-electron chi connectivity index (χ1n) is 7.75. The molecule has 0 spiro atoms. The Hall–Kier alpha value is -1.15. The number of rotatable bonds is 4. The number of nitrogens with one attached hydrogen (secondary N) is 1. The summed E-state index contributed by atoms with van der Waals surface area (Å²) in [5.41, 5.74) is 0.825. The fraction of sp³-hybridized carbons (Fsp3) is 0.375. The van der Waals surface area contributed by atoms with Crippen LogP contribution in [-0.2, 0) is 11.3 Å². The van der Waals surface area contributed by atoms with E-state index in [1.54, 1.807) is 17.6 Å². The van der Waals surface area contributed by atoms with Crippen molar-refractivity contribution in [3.05, 3.63) is 38.8 Å². The lowest BCUT2D eigenvalue weighted by Crippen LogP contribution is -2.10. The molecule has 1 unspecified atom stereocenters. The van der Waals surface area contributed by atoms with E-state index in [1.165, 1.54) is 6.42 Å². The fourth-order valence-electron chi connectivity index (χ4n) is 2.80. The van der Waals surface area contributed by atoms with Crippen LogP contribution in [-0.4, -0.2) is 16.6 Å². The number of ether oxygens (including phenoxy) is 1. The van der Waals surface area contributed by atoms with E-state index in [0.717, 1.165) is 44.8 Å². The van der Waals surface area contributed by atoms with Crippen LogP contribution < -0.4 is 5.32 Å². The molecule has 1 fully saturated rings. The molecule has 24 heavy (non-hydrogen) atoms. The van der Waals surface area contributed by atoms with Crippen molar-refractivity contribution >= 4 is 54.9 Å². The van der Waals surface area contributed by atoms with E-state index in [2.05, 4.69) is 31.2 Å². The average molecular weight is 429 g/mol. The number of hydrogen-bond donors (Lipinski definition) is 1. The number of furan rings is 1. The lowest BCUT2D eigenvalue weighted by Gasteiger charge is -2.21. The van der Waals surface area contributed by atoms with E-state index in [4.69, 9.17) is 20.8 Å². The summed E-state index contributed by atoms with van der Waals surface area (Å²) in [7, 11) is 0. The van der Waals surface area contributed by atoms with Crippen molar-refractivity contribution < 1.29 is 9.15 Å². The van der Waals surface area contributed by atoms with Crippen LogP contribution in [0.1, 0.15) is 36.0 Å². The molecule has 0 amide bonds. The number of thiophene rings is 1. The van der Waals surface area contributed by atoms with Gasteiger partial charge in [0, 0.05) is 6.61 Å². The molecule has 1 aliphatic heterocycles. The SMILES string of the molecule is Clc1nc(NCc2ccco2)c2sc(C3CCCCO3)c(Br)c2n1. The maximum absolute atomic E-state index is 6.12. The minimum absolute atomic E-state index is 0.115. The largest absolute Gasteiger partial charge is 0.467 e. The number of halogens is 2. The quantitative estimate of drug-likeness (QED) is 0.552. The van der Waals surface area contributed by atoms with Crippen LogP contribution >= 0.6 is 38.9 Å². The monoisotopic (exact) mass is 427 g/mol. The zero-order chi connectivity index (χ0) is 16.5. The summed E-state index contributed by atoms with van der Waals surface area (Å²) in [6.07, 6.45) is 5.10. The smallest absolute Gasteiger partial charge is 0.225 e. The first kappa shape index (κ1) is 16.3. The van der Waals surface area contributed by atoms with Crippen LogP contribution in [0.4, 0.5) is 5.82 Å². The van der Waals surface area contributed by atoms with Gasteiger partial charge in [-0.3, -0.25) is 0 Å². The predicted octanol–water partition coefficient (Wildman–Crippen LogP) is 5.55. The van der Waals surface area contributed by atoms with E-state index >= 15 is 0 Å². The van der Waals surface area contributed by atoms with Gasteiger partial charge in [0.15, 0.2) is 0 Å². The third-order valence-electron chi connectivity index (χ3n) is 3.96. The molecular weight excluding hydrogens is 414 g/mol. The Morgan fingerprint density at radius 2 is 2.29 bits per heavy atom. The van der Waals surface area contributed by atoms with E-state index in [0.29, 0.717) is 12.4 Å². The molecule has 0 saturated carbocycles. The maximum Gasteiger partial charge on any atom is 0.225 e. The molecule has 0 aromatic carbocycles. The van der Waals surface area contributed by atoms with E-state index in [-0.39, 0.29) is 11.4 Å². The Kier molecular flexibility index (Phi) is 4.76. The van der Waals surface area contributed by atoms with Crippen LogP contribution in [0.2, 0.25) is 5.28 Å². The van der Waals surface area contributed by atoms with E-state index < -0.39 is 0 Å². The van der Waals surface area contributed by atoms with Gasteiger partial charge in [-0.05, 0) is 58.9 Å². The second kappa shape index (κ2) is 7.00. The highest BCUT2D eigenvalue weighted by molar-refractivity contribution is 9.10. The van der Waals surface area contributed by atoms with Crippen molar-refractivity contribution in [1.29, 1.82) is 0 Å². The number of nitrogens with zero attached hydrogens (tertiary/aromatic N) is 2. The van der Waals surface area contributed by atoms with E-state index in [1.807, 2.05) is 12.1 Å². The highest BCUT2D eigenvalue weighted by Gasteiger charge is 2.25. The normalized spacial score (nSPS) is 18.2. The van der Waals surface area contributed by atoms with Crippen LogP contribution in [0.3, 0.4) is 0 Å². The lowest BCUT2D eigenvalue weighted by molar-refractivity contribution is 0.0168. The minimum Gasteiger partial charge on any atom is -0.467 e. The van der Waals surface area contributed by atoms with Gasteiger partial charge >= 0.3 is 0 Å². The second-order valence-electron chi connectivity index (χ2n) is 5.59. The van der Waals surface area contributed by atoms with Gasteiger partial charge in [0.2, 0.25) is 5.28 Å². The van der Waals surface area contributed by atoms with Crippen molar-refractivity contribution in [2.24, 2.45) is 0 Å². The average Bonchev–Trinajstić information content (AvgIpc) is 3.22. The van der Waals surface area contributed by atoms with Crippen molar-refractivity contribution in [1.82, 2.24) is 9.97 Å². The highest BCUT2D eigenvalue weighted by Crippen LogP contribution is 2.44. The Bertz CT molecular complexity index is 847. The Labute approximate surface area is 156 Å². The second-order valence-corrected chi connectivity index (χ2v) is 7.77. The first-order chi connectivity index (χ1) is 11.7. The van der Waals surface area contributed by atoms with Crippen molar-refractivity contribution in [2.75, 3.05) is 11.9 Å². The number of anilines is 1. The fourth-order valence-corrected chi connectivity index (χ4v) is 5.07. The van der Waals surface area contributed by atoms with Gasteiger partial charge < -0.3 is 14.5 Å². The summed E-state index contributed by atoms with van der Waals surface area (Å²) in [4.78, 5) is 9.90. The summed E-state index contributed by atoms with van der Waals surface area (Å²) >= 11 is 11.5. The maximum atomic E-state index is 6.12. The van der Waals surface area contributed by atoms with Crippen LogP contribution in [0.5, 0.6) is 0 Å². The van der Waals surface area contributed by atoms with Crippen molar-refractivity contribution in [3.63, 3.8) is 0 Å². The zero-order valence-corrected chi connectivity index (χ0v) is 15.9. The minimum atomic E-state index is 0.115. The molecule has 1 N–H and O–H groups in total. The molecule has 1 atom stereocenters.